The maximum Gasteiger partial charge on any atom is 0.333 e. The zero-order valence-corrected chi connectivity index (χ0v) is 22.1. The molecule has 0 fully saturated rings. The number of halogens is 2. The lowest BCUT2D eigenvalue weighted by atomic mass is 10.2. The van der Waals surface area contributed by atoms with E-state index in [0.29, 0.717) is 0 Å². The molecule has 0 atom stereocenters. The average Bonchev–Trinajstić information content (AvgIpc) is 3.25. The Morgan fingerprint density at radius 2 is 1.95 bits per heavy atom. The minimum absolute atomic E-state index is 0.0914. The van der Waals surface area contributed by atoms with Crippen molar-refractivity contribution in [2.45, 2.75) is 16.0 Å². The summed E-state index contributed by atoms with van der Waals surface area (Å²) in [4.78, 5) is 29.3. The Hall–Kier alpha value is -3.86. The molecule has 12 nitrogen and oxygen atoms in total. The Kier molecular flexibility index (Phi) is 6.21. The van der Waals surface area contributed by atoms with Gasteiger partial charge in [0, 0.05) is 5.69 Å². The average molecular weight is 597 g/mol. The van der Waals surface area contributed by atoms with Gasteiger partial charge >= 0.3 is 6.03 Å². The number of benzene rings is 2. The number of carbonyl (C=O) groups excluding carboxylic acids is 1. The summed E-state index contributed by atoms with van der Waals surface area (Å²) in [7, 11) is -8.25. The molecule has 0 unspecified atom stereocenters. The van der Waals surface area contributed by atoms with Crippen molar-refractivity contribution < 1.29 is 26.0 Å². The maximum absolute atomic E-state index is 15.0. The summed E-state index contributed by atoms with van der Waals surface area (Å²) in [6.45, 7) is 1.47. The van der Waals surface area contributed by atoms with Crippen LogP contribution in [0.15, 0.2) is 67.1 Å². The first-order chi connectivity index (χ1) is 17.8. The highest BCUT2D eigenvalue weighted by Gasteiger charge is 2.25. The van der Waals surface area contributed by atoms with E-state index < -0.39 is 37.5 Å². The minimum atomic E-state index is -4.20. The smallest absolute Gasteiger partial charge is 0.333 e. The van der Waals surface area contributed by atoms with E-state index in [1.807, 2.05) is 0 Å². The molecule has 0 bridgehead atoms. The molecule has 3 heterocycles. The number of nitrogens with zero attached hydrogens (tertiary/aromatic N) is 3. The number of urea groups is 1. The number of carbonyl (C=O) groups is 1. The second kappa shape index (κ2) is 9.16. The van der Waals surface area contributed by atoms with Gasteiger partial charge in [-0.25, -0.2) is 27.3 Å². The van der Waals surface area contributed by atoms with Crippen LogP contribution in [0.25, 0.3) is 16.6 Å². The summed E-state index contributed by atoms with van der Waals surface area (Å²) < 4.78 is 70.6. The van der Waals surface area contributed by atoms with Crippen molar-refractivity contribution in [1.82, 2.24) is 14.3 Å². The van der Waals surface area contributed by atoms with Crippen molar-refractivity contribution in [3.63, 3.8) is 0 Å². The van der Waals surface area contributed by atoms with Gasteiger partial charge in [0.05, 0.1) is 26.6 Å². The molecule has 196 valence electrons. The summed E-state index contributed by atoms with van der Waals surface area (Å²) in [5.41, 5.74) is -0.727. The van der Waals surface area contributed by atoms with Gasteiger partial charge in [-0.05, 0) is 49.4 Å². The Labute approximate surface area is 222 Å². The van der Waals surface area contributed by atoms with Crippen molar-refractivity contribution in [2.75, 3.05) is 10.6 Å². The highest BCUT2D eigenvalue weighted by Crippen LogP contribution is 2.30. The highest BCUT2D eigenvalue weighted by molar-refractivity contribution is 7.92. The summed E-state index contributed by atoms with van der Waals surface area (Å²) >= 11 is 6.48. The largest absolute Gasteiger partial charge is 0.342 e. The molecule has 4 aromatic rings. The number of rotatable bonds is 4. The van der Waals surface area contributed by atoms with Gasteiger partial charge in [-0.2, -0.15) is 8.42 Å². The lowest BCUT2D eigenvalue weighted by molar-refractivity contribution is 0.256. The number of amidine groups is 1. The highest BCUT2D eigenvalue weighted by atomic mass is 35.5. The van der Waals surface area contributed by atoms with E-state index in [4.69, 9.17) is 11.6 Å². The first kappa shape index (κ1) is 25.8. The Morgan fingerprint density at radius 3 is 2.63 bits per heavy atom. The summed E-state index contributed by atoms with van der Waals surface area (Å²) in [6, 6.07) is 7.21. The first-order valence-electron chi connectivity index (χ1n) is 10.4. The number of hydrogen-bond donors (Lipinski definition) is 3. The van der Waals surface area contributed by atoms with Crippen LogP contribution in [0.5, 0.6) is 0 Å². The molecular formula is C21H14ClFN6O6S3. The lowest BCUT2D eigenvalue weighted by Gasteiger charge is -2.17. The molecule has 5 rings (SSSR count). The lowest BCUT2D eigenvalue weighted by Crippen LogP contribution is -2.34. The second-order valence-corrected chi connectivity index (χ2v) is 13.0. The van der Waals surface area contributed by atoms with Crippen LogP contribution >= 0.6 is 22.9 Å². The number of fused-ring (bicyclic) bond motifs is 2. The predicted octanol–water partition coefficient (Wildman–Crippen LogP) is 3.28. The topological polar surface area (TPSA) is 169 Å². The fourth-order valence-corrected chi connectivity index (χ4v) is 7.18. The number of hydrogen-bond acceptors (Lipinski definition) is 9. The number of thiophene rings is 1. The quantitative estimate of drug-likeness (QED) is 0.322. The number of aromatic nitrogens is 2. The normalized spacial score (nSPS) is 14.3. The maximum atomic E-state index is 15.0. The number of nitrogens with one attached hydrogen (secondary N) is 3. The van der Waals surface area contributed by atoms with Gasteiger partial charge in [-0.1, -0.05) is 11.6 Å². The molecule has 17 heteroatoms. The fraction of sp³-hybridized carbons (Fsp3) is 0.0476. The Morgan fingerprint density at radius 1 is 1.18 bits per heavy atom. The summed E-state index contributed by atoms with van der Waals surface area (Å²) in [5, 5.41) is 4.92. The van der Waals surface area contributed by atoms with Crippen LogP contribution in [-0.2, 0) is 20.0 Å². The third-order valence-electron chi connectivity index (χ3n) is 5.22. The second-order valence-electron chi connectivity index (χ2n) is 7.85. The molecule has 0 saturated heterocycles. The molecule has 1 aliphatic heterocycles. The molecule has 0 radical (unpaired) electrons. The van der Waals surface area contributed by atoms with Gasteiger partial charge in [0.2, 0.25) is 0 Å². The summed E-state index contributed by atoms with van der Waals surface area (Å²) in [5.74, 6) is -0.797. The molecule has 0 spiro atoms. The van der Waals surface area contributed by atoms with E-state index >= 15 is 0 Å². The van der Waals surface area contributed by atoms with Crippen LogP contribution in [0, 0.1) is 5.82 Å². The molecule has 2 aromatic heterocycles. The molecule has 0 saturated carbocycles. The number of sulfonamides is 2. The standard InChI is InChI=1S/C21H14ClFN6O6S3/c1-10-25-15-8-14-12(7-17(15)37(32,33)27-10)20(30)29(9-24-14)16-3-2-11(6-13(16)23)26-21(31)28-38(34,35)19-5-4-18(22)36-19/h2-9H,1H3,(H,25,27)(H2,26,28,31). The summed E-state index contributed by atoms with van der Waals surface area (Å²) in [6.07, 6.45) is 1.08. The molecular weight excluding hydrogens is 583 g/mol. The SMILES string of the molecule is CC1=NS(=O)(=O)c2cc3c(=O)n(-c4ccc(NC(=O)NS(=O)(=O)c5ccc(Cl)s5)cc4F)cnc3cc2N1. The van der Waals surface area contributed by atoms with Gasteiger partial charge < -0.3 is 10.6 Å². The number of amides is 2. The monoisotopic (exact) mass is 596 g/mol. The fourth-order valence-electron chi connectivity index (χ4n) is 3.63. The van der Waals surface area contributed by atoms with Crippen molar-refractivity contribution in [3.8, 4) is 5.69 Å². The number of anilines is 2. The van der Waals surface area contributed by atoms with E-state index in [1.165, 1.54) is 31.2 Å². The van der Waals surface area contributed by atoms with Gasteiger partial charge in [0.25, 0.3) is 25.6 Å². The van der Waals surface area contributed by atoms with E-state index in [0.717, 1.165) is 40.4 Å². The van der Waals surface area contributed by atoms with Gasteiger partial charge in [0.1, 0.15) is 27.1 Å². The minimum Gasteiger partial charge on any atom is -0.342 e. The van der Waals surface area contributed by atoms with E-state index in [-0.39, 0.29) is 47.2 Å². The molecule has 0 aliphatic carbocycles. The van der Waals surface area contributed by atoms with Crippen LogP contribution < -0.4 is 20.9 Å². The van der Waals surface area contributed by atoms with Crippen molar-refractivity contribution in [1.29, 1.82) is 0 Å². The van der Waals surface area contributed by atoms with E-state index in [2.05, 4.69) is 20.0 Å². The molecule has 38 heavy (non-hydrogen) atoms. The molecule has 1 aliphatic rings. The van der Waals surface area contributed by atoms with Crippen LogP contribution in [0.2, 0.25) is 4.34 Å². The van der Waals surface area contributed by atoms with Gasteiger partial charge in [0.15, 0.2) is 0 Å². The first-order valence-corrected chi connectivity index (χ1v) is 14.5. The zero-order valence-electron chi connectivity index (χ0n) is 18.9. The van der Waals surface area contributed by atoms with E-state index in [9.17, 15) is 30.8 Å². The van der Waals surface area contributed by atoms with Crippen LogP contribution in [0.1, 0.15) is 6.92 Å². The molecule has 2 aromatic carbocycles. The molecule has 2 amide bonds. The van der Waals surface area contributed by atoms with Crippen LogP contribution in [0.3, 0.4) is 0 Å². The van der Waals surface area contributed by atoms with E-state index in [1.54, 1.807) is 4.72 Å². The third-order valence-corrected chi connectivity index (χ3v) is 9.68. The van der Waals surface area contributed by atoms with Crippen molar-refractivity contribution in [2.24, 2.45) is 4.40 Å². The third kappa shape index (κ3) is 4.73. The Bertz CT molecular complexity index is 1970. The molecule has 3 N–H and O–H groups in total. The van der Waals surface area contributed by atoms with Gasteiger partial charge in [-0.3, -0.25) is 9.36 Å². The van der Waals surface area contributed by atoms with Crippen molar-refractivity contribution in [3.05, 3.63) is 69.3 Å². The Balaban J connectivity index is 1.44. The predicted molar refractivity (Wildman–Crippen MR) is 140 cm³/mol. The van der Waals surface area contributed by atoms with Crippen molar-refractivity contribution >= 4 is 77.1 Å². The van der Waals surface area contributed by atoms with Crippen LogP contribution in [0.4, 0.5) is 20.6 Å². The van der Waals surface area contributed by atoms with Gasteiger partial charge in [-0.15, -0.1) is 15.7 Å². The van der Waals surface area contributed by atoms with Crippen LogP contribution in [-0.4, -0.2) is 38.3 Å². The zero-order chi connectivity index (χ0) is 27.4.